The van der Waals surface area contributed by atoms with E-state index in [9.17, 15) is 0 Å². The molecule has 0 aliphatic carbocycles. The van der Waals surface area contributed by atoms with Crippen LogP contribution in [0.1, 0.15) is 26.7 Å². The Bertz CT molecular complexity index is 117. The van der Waals surface area contributed by atoms with E-state index in [2.05, 4.69) is 13.8 Å². The van der Waals surface area contributed by atoms with Gasteiger partial charge in [-0.2, -0.15) is 0 Å². The zero-order chi connectivity index (χ0) is 8.32. The molecular formula is C9H17ClO. The summed E-state index contributed by atoms with van der Waals surface area (Å²) in [5.74, 6) is 1.49. The van der Waals surface area contributed by atoms with Crippen molar-refractivity contribution < 1.29 is 4.74 Å². The molecule has 66 valence electrons. The molecule has 0 spiro atoms. The summed E-state index contributed by atoms with van der Waals surface area (Å²) in [4.78, 5) is 0. The molecule has 0 N–H and O–H groups in total. The van der Waals surface area contributed by atoms with Crippen molar-refractivity contribution in [2.75, 3.05) is 19.1 Å². The second-order valence-electron chi connectivity index (χ2n) is 4.03. The van der Waals surface area contributed by atoms with Crippen LogP contribution in [0.25, 0.3) is 0 Å². The minimum Gasteiger partial charge on any atom is -0.381 e. The van der Waals surface area contributed by atoms with Gasteiger partial charge in [-0.3, -0.25) is 0 Å². The van der Waals surface area contributed by atoms with Crippen LogP contribution in [0, 0.1) is 11.3 Å². The highest BCUT2D eigenvalue weighted by Crippen LogP contribution is 2.36. The van der Waals surface area contributed by atoms with Crippen LogP contribution in [0.15, 0.2) is 0 Å². The molecule has 0 radical (unpaired) electrons. The number of hydrogen-bond acceptors (Lipinski definition) is 1. The predicted octanol–water partition coefficient (Wildman–Crippen LogP) is 2.68. The van der Waals surface area contributed by atoms with Gasteiger partial charge >= 0.3 is 0 Å². The molecule has 2 heteroatoms. The van der Waals surface area contributed by atoms with Gasteiger partial charge in [-0.05, 0) is 18.8 Å². The molecule has 0 aromatic rings. The van der Waals surface area contributed by atoms with Crippen LogP contribution < -0.4 is 0 Å². The lowest BCUT2D eigenvalue weighted by molar-refractivity contribution is 0.149. The Kier molecular flexibility index (Phi) is 3.20. The summed E-state index contributed by atoms with van der Waals surface area (Å²) in [7, 11) is 0. The minimum absolute atomic E-state index is 0.301. The van der Waals surface area contributed by atoms with Gasteiger partial charge in [0.15, 0.2) is 0 Å². The molecular weight excluding hydrogens is 160 g/mol. The Hall–Kier alpha value is 0.250. The molecule has 1 atom stereocenters. The van der Waals surface area contributed by atoms with E-state index < -0.39 is 0 Å². The zero-order valence-corrected chi connectivity index (χ0v) is 8.16. The summed E-state index contributed by atoms with van der Waals surface area (Å²) in [6.07, 6.45) is 2.35. The second-order valence-corrected chi connectivity index (χ2v) is 4.30. The standard InChI is InChI=1S/C9H17ClO/c1-8(2)5-9(6-10)3-4-11-7-9/h8H,3-7H2,1-2H3. The van der Waals surface area contributed by atoms with E-state index in [0.717, 1.165) is 31.4 Å². The van der Waals surface area contributed by atoms with Crippen molar-refractivity contribution in [1.29, 1.82) is 0 Å². The number of alkyl halides is 1. The van der Waals surface area contributed by atoms with Crippen molar-refractivity contribution in [3.63, 3.8) is 0 Å². The summed E-state index contributed by atoms with van der Waals surface area (Å²) in [6, 6.07) is 0. The summed E-state index contributed by atoms with van der Waals surface area (Å²) in [5.41, 5.74) is 0.301. The van der Waals surface area contributed by atoms with E-state index in [4.69, 9.17) is 16.3 Å². The van der Waals surface area contributed by atoms with Crippen LogP contribution in [0.2, 0.25) is 0 Å². The monoisotopic (exact) mass is 176 g/mol. The van der Waals surface area contributed by atoms with E-state index in [1.54, 1.807) is 0 Å². The van der Waals surface area contributed by atoms with Crippen molar-refractivity contribution in [2.24, 2.45) is 11.3 Å². The number of halogens is 1. The SMILES string of the molecule is CC(C)CC1(CCl)CCOC1. The van der Waals surface area contributed by atoms with E-state index in [1.165, 1.54) is 6.42 Å². The van der Waals surface area contributed by atoms with Crippen LogP contribution in [-0.2, 0) is 4.74 Å². The van der Waals surface area contributed by atoms with E-state index in [0.29, 0.717) is 5.41 Å². The quantitative estimate of drug-likeness (QED) is 0.601. The highest BCUT2D eigenvalue weighted by atomic mass is 35.5. The molecule has 0 bridgehead atoms. The lowest BCUT2D eigenvalue weighted by Gasteiger charge is -2.26. The third-order valence-corrected chi connectivity index (χ3v) is 2.88. The smallest absolute Gasteiger partial charge is 0.0534 e. The maximum Gasteiger partial charge on any atom is 0.0534 e. The van der Waals surface area contributed by atoms with E-state index in [-0.39, 0.29) is 0 Å². The maximum atomic E-state index is 5.93. The van der Waals surface area contributed by atoms with Gasteiger partial charge in [0, 0.05) is 17.9 Å². The average molecular weight is 177 g/mol. The largest absolute Gasteiger partial charge is 0.381 e. The van der Waals surface area contributed by atoms with Gasteiger partial charge in [-0.25, -0.2) is 0 Å². The van der Waals surface area contributed by atoms with E-state index in [1.807, 2.05) is 0 Å². The zero-order valence-electron chi connectivity index (χ0n) is 7.40. The topological polar surface area (TPSA) is 9.23 Å². The Morgan fingerprint density at radius 2 is 2.27 bits per heavy atom. The first kappa shape index (κ1) is 9.34. The van der Waals surface area contributed by atoms with Crippen LogP contribution in [0.3, 0.4) is 0 Å². The molecule has 0 amide bonds. The van der Waals surface area contributed by atoms with Crippen LogP contribution in [0.4, 0.5) is 0 Å². The fraction of sp³-hybridized carbons (Fsp3) is 1.00. The maximum absolute atomic E-state index is 5.93. The van der Waals surface area contributed by atoms with Gasteiger partial charge in [-0.1, -0.05) is 13.8 Å². The Morgan fingerprint density at radius 3 is 2.64 bits per heavy atom. The molecule has 1 aliphatic heterocycles. The number of hydrogen-bond donors (Lipinski definition) is 0. The fourth-order valence-corrected chi connectivity index (χ4v) is 2.16. The van der Waals surface area contributed by atoms with Crippen molar-refractivity contribution in [3.8, 4) is 0 Å². The molecule has 1 rings (SSSR count). The lowest BCUT2D eigenvalue weighted by atomic mass is 9.81. The number of rotatable bonds is 3. The highest BCUT2D eigenvalue weighted by molar-refractivity contribution is 6.18. The van der Waals surface area contributed by atoms with Crippen LogP contribution in [-0.4, -0.2) is 19.1 Å². The molecule has 1 nitrogen and oxygen atoms in total. The normalized spacial score (nSPS) is 31.6. The first-order valence-corrected chi connectivity index (χ1v) is 4.86. The molecule has 0 saturated carbocycles. The Morgan fingerprint density at radius 1 is 1.55 bits per heavy atom. The summed E-state index contributed by atoms with van der Waals surface area (Å²) < 4.78 is 5.37. The van der Waals surface area contributed by atoms with Crippen molar-refractivity contribution in [3.05, 3.63) is 0 Å². The Balaban J connectivity index is 2.45. The van der Waals surface area contributed by atoms with Gasteiger partial charge < -0.3 is 4.74 Å². The first-order valence-electron chi connectivity index (χ1n) is 4.32. The predicted molar refractivity (Wildman–Crippen MR) is 48.0 cm³/mol. The van der Waals surface area contributed by atoms with Crippen LogP contribution in [0.5, 0.6) is 0 Å². The lowest BCUT2D eigenvalue weighted by Crippen LogP contribution is -2.25. The molecule has 0 aromatic heterocycles. The van der Waals surface area contributed by atoms with Gasteiger partial charge in [0.1, 0.15) is 0 Å². The minimum atomic E-state index is 0.301. The average Bonchev–Trinajstić information content (AvgIpc) is 2.36. The van der Waals surface area contributed by atoms with Crippen molar-refractivity contribution >= 4 is 11.6 Å². The molecule has 1 saturated heterocycles. The van der Waals surface area contributed by atoms with E-state index >= 15 is 0 Å². The molecule has 1 aliphatic rings. The molecule has 0 aromatic carbocycles. The van der Waals surface area contributed by atoms with Gasteiger partial charge in [0.05, 0.1) is 6.61 Å². The summed E-state index contributed by atoms with van der Waals surface area (Å²) in [6.45, 7) is 6.26. The summed E-state index contributed by atoms with van der Waals surface area (Å²) >= 11 is 5.93. The van der Waals surface area contributed by atoms with Gasteiger partial charge in [0.25, 0.3) is 0 Å². The van der Waals surface area contributed by atoms with Crippen LogP contribution >= 0.6 is 11.6 Å². The third kappa shape index (κ3) is 2.34. The highest BCUT2D eigenvalue weighted by Gasteiger charge is 2.34. The molecule has 1 heterocycles. The fourth-order valence-electron chi connectivity index (χ4n) is 1.84. The first-order chi connectivity index (χ1) is 5.18. The Labute approximate surface area is 74.1 Å². The van der Waals surface area contributed by atoms with Gasteiger partial charge in [-0.15, -0.1) is 11.6 Å². The number of ether oxygens (including phenoxy) is 1. The molecule has 1 fully saturated rings. The van der Waals surface area contributed by atoms with Crippen molar-refractivity contribution in [2.45, 2.75) is 26.7 Å². The van der Waals surface area contributed by atoms with Gasteiger partial charge in [0.2, 0.25) is 0 Å². The molecule has 1 unspecified atom stereocenters. The van der Waals surface area contributed by atoms with Crippen molar-refractivity contribution in [1.82, 2.24) is 0 Å². The third-order valence-electron chi connectivity index (χ3n) is 2.31. The second kappa shape index (κ2) is 3.77. The summed E-state index contributed by atoms with van der Waals surface area (Å²) in [5, 5.41) is 0. The molecule has 11 heavy (non-hydrogen) atoms.